The first-order valence-corrected chi connectivity index (χ1v) is 11.4. The van der Waals surface area contributed by atoms with Crippen LogP contribution in [0.2, 0.25) is 0 Å². The molecule has 3 aromatic rings. The topological polar surface area (TPSA) is 53.6 Å². The number of piperidine rings is 1. The molecule has 0 unspecified atom stereocenters. The smallest absolute Gasteiger partial charge is 0.163 e. The number of methoxy groups -OCH3 is 1. The largest absolute Gasteiger partial charge is 0.493 e. The molecule has 6 heteroatoms. The van der Waals surface area contributed by atoms with Gasteiger partial charge >= 0.3 is 0 Å². The number of likely N-dealkylation sites (tertiary alicyclic amines) is 1. The van der Waals surface area contributed by atoms with E-state index in [9.17, 15) is 0 Å². The highest BCUT2D eigenvalue weighted by Gasteiger charge is 2.19. The first-order chi connectivity index (χ1) is 14.8. The van der Waals surface area contributed by atoms with Crippen molar-refractivity contribution in [3.8, 4) is 11.5 Å². The molecular weight excluding hydrogens is 376 g/mol. The van der Waals surface area contributed by atoms with Crippen molar-refractivity contribution in [1.29, 1.82) is 0 Å². The molecule has 2 saturated heterocycles. The lowest BCUT2D eigenvalue weighted by Gasteiger charge is -2.28. The van der Waals surface area contributed by atoms with E-state index in [0.29, 0.717) is 6.61 Å². The highest BCUT2D eigenvalue weighted by Crippen LogP contribution is 2.39. The monoisotopic (exact) mass is 408 g/mol. The van der Waals surface area contributed by atoms with Gasteiger partial charge in [-0.2, -0.15) is 0 Å². The molecule has 2 aromatic heterocycles. The van der Waals surface area contributed by atoms with Gasteiger partial charge in [-0.25, -0.2) is 4.98 Å². The van der Waals surface area contributed by atoms with Gasteiger partial charge in [0.2, 0.25) is 0 Å². The van der Waals surface area contributed by atoms with Gasteiger partial charge in [-0.3, -0.25) is 0 Å². The van der Waals surface area contributed by atoms with Crippen molar-refractivity contribution >= 4 is 27.6 Å². The van der Waals surface area contributed by atoms with Gasteiger partial charge in [-0.1, -0.05) is 0 Å². The van der Waals surface area contributed by atoms with Crippen LogP contribution in [0.1, 0.15) is 38.5 Å². The van der Waals surface area contributed by atoms with Crippen LogP contribution < -0.4 is 14.4 Å². The quantitative estimate of drug-likeness (QED) is 0.580. The molecule has 2 aliphatic heterocycles. The number of fused-ring (bicyclic) bond motifs is 3. The van der Waals surface area contributed by atoms with Gasteiger partial charge in [0.15, 0.2) is 11.5 Å². The molecular formula is C24H32N4O2. The standard InChI is InChI=1S/C24H32N4O2/c1-29-21-16-18-20(17-22(21)30-15-7-12-27-10-5-6-11-27)26-19-8-9-25-24(23(18)19)28-13-3-2-4-14-28/h8-9,16-17,26H,2-7,10-15H2,1H3. The maximum atomic E-state index is 6.14. The molecule has 1 N–H and O–H groups in total. The van der Waals surface area contributed by atoms with Crippen molar-refractivity contribution in [3.05, 3.63) is 24.4 Å². The van der Waals surface area contributed by atoms with Crippen molar-refractivity contribution in [2.75, 3.05) is 51.3 Å². The molecule has 0 bridgehead atoms. The number of pyridine rings is 1. The lowest BCUT2D eigenvalue weighted by Crippen LogP contribution is -2.30. The molecule has 0 spiro atoms. The molecule has 0 amide bonds. The van der Waals surface area contributed by atoms with Crippen molar-refractivity contribution in [3.63, 3.8) is 0 Å². The number of ether oxygens (including phenoxy) is 2. The number of nitrogens with one attached hydrogen (secondary N) is 1. The summed E-state index contributed by atoms with van der Waals surface area (Å²) in [5, 5.41) is 2.34. The number of aromatic amines is 1. The van der Waals surface area contributed by atoms with Crippen LogP contribution in [0.3, 0.4) is 0 Å². The van der Waals surface area contributed by atoms with Crippen molar-refractivity contribution < 1.29 is 9.47 Å². The molecule has 30 heavy (non-hydrogen) atoms. The Morgan fingerprint density at radius 3 is 2.57 bits per heavy atom. The molecule has 1 aromatic carbocycles. The predicted octanol–water partition coefficient (Wildman–Crippen LogP) is 4.58. The Morgan fingerprint density at radius 2 is 1.77 bits per heavy atom. The summed E-state index contributed by atoms with van der Waals surface area (Å²) in [7, 11) is 1.72. The van der Waals surface area contributed by atoms with Gasteiger partial charge in [-0.05, 0) is 63.7 Å². The fraction of sp³-hybridized carbons (Fsp3) is 0.542. The summed E-state index contributed by atoms with van der Waals surface area (Å²) in [4.78, 5) is 13.3. The summed E-state index contributed by atoms with van der Waals surface area (Å²) in [6.45, 7) is 6.44. The van der Waals surface area contributed by atoms with Crippen LogP contribution in [0.15, 0.2) is 24.4 Å². The summed E-state index contributed by atoms with van der Waals surface area (Å²) in [6.07, 6.45) is 9.40. The molecule has 160 valence electrons. The average molecular weight is 409 g/mol. The highest BCUT2D eigenvalue weighted by molar-refractivity contribution is 6.13. The number of hydrogen-bond donors (Lipinski definition) is 1. The lowest BCUT2D eigenvalue weighted by atomic mass is 10.1. The summed E-state index contributed by atoms with van der Waals surface area (Å²) in [5.41, 5.74) is 2.19. The molecule has 0 atom stereocenters. The van der Waals surface area contributed by atoms with Crippen LogP contribution in [0, 0.1) is 0 Å². The molecule has 6 nitrogen and oxygen atoms in total. The third-order valence-electron chi connectivity index (χ3n) is 6.50. The Labute approximate surface area is 178 Å². The molecule has 0 saturated carbocycles. The zero-order valence-corrected chi connectivity index (χ0v) is 18.0. The van der Waals surface area contributed by atoms with E-state index in [4.69, 9.17) is 14.5 Å². The van der Waals surface area contributed by atoms with E-state index >= 15 is 0 Å². The fourth-order valence-electron chi connectivity index (χ4n) is 4.93. The molecule has 5 rings (SSSR count). The van der Waals surface area contributed by atoms with E-state index in [0.717, 1.165) is 59.8 Å². The van der Waals surface area contributed by atoms with Crippen LogP contribution in [0.4, 0.5) is 5.82 Å². The van der Waals surface area contributed by atoms with Crippen LogP contribution in [-0.2, 0) is 0 Å². The Hall–Kier alpha value is -2.47. The van der Waals surface area contributed by atoms with Crippen LogP contribution in [0.5, 0.6) is 11.5 Å². The molecule has 2 aliphatic rings. The predicted molar refractivity (Wildman–Crippen MR) is 122 cm³/mol. The van der Waals surface area contributed by atoms with Gasteiger partial charge in [0.1, 0.15) is 5.82 Å². The maximum absolute atomic E-state index is 6.14. The summed E-state index contributed by atoms with van der Waals surface area (Å²) in [5.74, 6) is 2.68. The Bertz CT molecular complexity index is 1000. The van der Waals surface area contributed by atoms with Crippen molar-refractivity contribution in [2.45, 2.75) is 38.5 Å². The summed E-state index contributed by atoms with van der Waals surface area (Å²) >= 11 is 0. The van der Waals surface area contributed by atoms with Crippen LogP contribution in [0.25, 0.3) is 21.8 Å². The SMILES string of the molecule is COc1cc2c(cc1OCCCN1CCCC1)[nH]c1ccnc(N3CCCCC3)c12. The Kier molecular flexibility index (Phi) is 5.67. The van der Waals surface area contributed by atoms with Gasteiger partial charge in [0.25, 0.3) is 0 Å². The third kappa shape index (κ3) is 3.81. The first kappa shape index (κ1) is 19.5. The summed E-state index contributed by atoms with van der Waals surface area (Å²) in [6, 6.07) is 6.26. The summed E-state index contributed by atoms with van der Waals surface area (Å²) < 4.78 is 11.8. The van der Waals surface area contributed by atoms with Gasteiger partial charge < -0.3 is 24.3 Å². The number of aromatic nitrogens is 2. The fourth-order valence-corrected chi connectivity index (χ4v) is 4.93. The minimum absolute atomic E-state index is 0.708. The third-order valence-corrected chi connectivity index (χ3v) is 6.50. The zero-order chi connectivity index (χ0) is 20.3. The minimum atomic E-state index is 0.708. The minimum Gasteiger partial charge on any atom is -0.493 e. The van der Waals surface area contributed by atoms with E-state index in [2.05, 4.69) is 33.0 Å². The first-order valence-electron chi connectivity index (χ1n) is 11.4. The molecule has 4 heterocycles. The number of benzene rings is 1. The number of H-pyrrole nitrogens is 1. The molecule has 2 fully saturated rings. The van der Waals surface area contributed by atoms with Crippen LogP contribution in [-0.4, -0.2) is 61.3 Å². The van der Waals surface area contributed by atoms with Crippen molar-refractivity contribution in [2.24, 2.45) is 0 Å². The Balaban J connectivity index is 1.42. The van der Waals surface area contributed by atoms with E-state index in [1.54, 1.807) is 7.11 Å². The second-order valence-electron chi connectivity index (χ2n) is 8.53. The highest BCUT2D eigenvalue weighted by atomic mass is 16.5. The van der Waals surface area contributed by atoms with Gasteiger partial charge in [0.05, 0.1) is 30.1 Å². The molecule has 0 radical (unpaired) electrons. The number of nitrogens with zero attached hydrogens (tertiary/aromatic N) is 3. The lowest BCUT2D eigenvalue weighted by molar-refractivity contribution is 0.254. The van der Waals surface area contributed by atoms with Gasteiger partial charge in [0, 0.05) is 37.3 Å². The van der Waals surface area contributed by atoms with E-state index in [-0.39, 0.29) is 0 Å². The van der Waals surface area contributed by atoms with Crippen LogP contribution >= 0.6 is 0 Å². The second kappa shape index (κ2) is 8.72. The normalized spacial score (nSPS) is 17.8. The van der Waals surface area contributed by atoms with E-state index in [1.807, 2.05) is 6.20 Å². The number of anilines is 1. The molecule has 0 aliphatic carbocycles. The van der Waals surface area contributed by atoms with Crippen molar-refractivity contribution in [1.82, 2.24) is 14.9 Å². The number of rotatable bonds is 7. The Morgan fingerprint density at radius 1 is 0.967 bits per heavy atom. The zero-order valence-electron chi connectivity index (χ0n) is 18.0. The number of hydrogen-bond acceptors (Lipinski definition) is 5. The second-order valence-corrected chi connectivity index (χ2v) is 8.53. The van der Waals surface area contributed by atoms with Gasteiger partial charge in [-0.15, -0.1) is 0 Å². The van der Waals surface area contributed by atoms with E-state index in [1.165, 1.54) is 50.6 Å². The average Bonchev–Trinajstić information content (AvgIpc) is 3.43. The van der Waals surface area contributed by atoms with E-state index < -0.39 is 0 Å². The maximum Gasteiger partial charge on any atom is 0.163 e.